The van der Waals surface area contributed by atoms with E-state index in [1.54, 1.807) is 19.3 Å². The van der Waals surface area contributed by atoms with Crippen molar-refractivity contribution in [2.45, 2.75) is 102 Å². The third-order valence-electron chi connectivity index (χ3n) is 5.96. The van der Waals surface area contributed by atoms with Crippen LogP contribution < -0.4 is 0 Å². The summed E-state index contributed by atoms with van der Waals surface area (Å²) in [6, 6.07) is 0. The van der Waals surface area contributed by atoms with Gasteiger partial charge in [-0.2, -0.15) is 0 Å². The number of hydrogen-bond acceptors (Lipinski definition) is 7. The summed E-state index contributed by atoms with van der Waals surface area (Å²) in [6.07, 6.45) is 4.81. The molecule has 33 heavy (non-hydrogen) atoms. The summed E-state index contributed by atoms with van der Waals surface area (Å²) in [7, 11) is -0.479. The topological polar surface area (TPSA) is 72.5 Å². The third kappa shape index (κ3) is 9.11. The molecule has 7 nitrogen and oxygen atoms in total. The average molecular weight is 485 g/mol. The van der Waals surface area contributed by atoms with Crippen LogP contribution in [0.1, 0.15) is 48.0 Å². The van der Waals surface area contributed by atoms with Gasteiger partial charge in [-0.05, 0) is 45.0 Å². The van der Waals surface area contributed by atoms with Gasteiger partial charge < -0.3 is 28.1 Å². The zero-order valence-corrected chi connectivity index (χ0v) is 22.9. The summed E-state index contributed by atoms with van der Waals surface area (Å²) < 4.78 is 35.7. The summed E-state index contributed by atoms with van der Waals surface area (Å²) in [5.74, 6) is -1.31. The van der Waals surface area contributed by atoms with Gasteiger partial charge in [0.25, 0.3) is 0 Å². The lowest BCUT2D eigenvalue weighted by atomic mass is 10.0. The van der Waals surface area contributed by atoms with Crippen LogP contribution >= 0.6 is 0 Å². The normalized spacial score (nSPS) is 23.8. The highest BCUT2D eigenvalue weighted by Crippen LogP contribution is 2.40. The minimum atomic E-state index is -2.04. The first kappa shape index (κ1) is 29.7. The standard InChI is InChI=1S/C25H44O7Si/c1-12-14-19(29-21(26)13-2)15-16-20(28-17-27-9)23-22(30-25(7,8)31-23)18(3)32-33(10,11)24(4,5)6/h12-13,15-16,18-20,22-23H,1-2,14,17H2,3-11H3/b16-15+/t18-,19+,20+,22-,23-/m1/s1. The van der Waals surface area contributed by atoms with Gasteiger partial charge in [0.1, 0.15) is 31.2 Å². The van der Waals surface area contributed by atoms with E-state index in [1.165, 1.54) is 0 Å². The lowest BCUT2D eigenvalue weighted by Gasteiger charge is -2.40. The first-order valence-corrected chi connectivity index (χ1v) is 14.3. The van der Waals surface area contributed by atoms with E-state index in [9.17, 15) is 4.79 Å². The van der Waals surface area contributed by atoms with Crippen LogP contribution in [-0.2, 0) is 32.9 Å². The Bertz CT molecular complexity index is 681. The highest BCUT2D eigenvalue weighted by Gasteiger charge is 2.50. The number of methoxy groups -OCH3 is 1. The van der Waals surface area contributed by atoms with E-state index in [-0.39, 0.29) is 24.0 Å². The molecule has 1 heterocycles. The fraction of sp³-hybridized carbons (Fsp3) is 0.720. The Morgan fingerprint density at radius 1 is 1.15 bits per heavy atom. The van der Waals surface area contributed by atoms with Gasteiger partial charge in [0.05, 0.1) is 6.10 Å². The van der Waals surface area contributed by atoms with Crippen LogP contribution in [0.15, 0.2) is 37.5 Å². The van der Waals surface area contributed by atoms with Crippen LogP contribution in [0.3, 0.4) is 0 Å². The quantitative estimate of drug-likeness (QED) is 0.118. The van der Waals surface area contributed by atoms with Crippen LogP contribution in [-0.4, -0.2) is 64.5 Å². The maximum absolute atomic E-state index is 11.7. The Morgan fingerprint density at radius 2 is 1.76 bits per heavy atom. The van der Waals surface area contributed by atoms with E-state index in [1.807, 2.05) is 26.8 Å². The maximum Gasteiger partial charge on any atom is 0.330 e. The zero-order chi connectivity index (χ0) is 25.4. The molecule has 0 aliphatic carbocycles. The molecular formula is C25H44O7Si. The molecule has 1 saturated heterocycles. The molecule has 0 amide bonds. The van der Waals surface area contributed by atoms with Crippen LogP contribution in [0, 0.1) is 0 Å². The van der Waals surface area contributed by atoms with Crippen LogP contribution in [0.25, 0.3) is 0 Å². The fourth-order valence-corrected chi connectivity index (χ4v) is 4.73. The molecule has 5 atom stereocenters. The molecule has 1 fully saturated rings. The number of carbonyl (C=O) groups excluding carboxylic acids is 1. The molecule has 0 radical (unpaired) electrons. The molecule has 1 aliphatic heterocycles. The molecule has 0 bridgehead atoms. The van der Waals surface area contributed by atoms with Crippen molar-refractivity contribution in [3.8, 4) is 0 Å². The van der Waals surface area contributed by atoms with Gasteiger partial charge in [-0.1, -0.05) is 39.5 Å². The van der Waals surface area contributed by atoms with Gasteiger partial charge in [0.15, 0.2) is 14.1 Å². The number of esters is 1. The van der Waals surface area contributed by atoms with Crippen LogP contribution in [0.4, 0.5) is 0 Å². The monoisotopic (exact) mass is 484 g/mol. The van der Waals surface area contributed by atoms with Gasteiger partial charge in [0, 0.05) is 19.6 Å². The molecule has 0 aromatic heterocycles. The number of rotatable bonds is 13. The van der Waals surface area contributed by atoms with Gasteiger partial charge in [-0.3, -0.25) is 0 Å². The Morgan fingerprint density at radius 3 is 2.27 bits per heavy atom. The number of hydrogen-bond donors (Lipinski definition) is 0. The molecule has 1 rings (SSSR count). The Hall–Kier alpha value is -1.29. The van der Waals surface area contributed by atoms with Gasteiger partial charge in [0.2, 0.25) is 0 Å². The molecule has 0 unspecified atom stereocenters. The minimum Gasteiger partial charge on any atom is -0.455 e. The molecule has 0 aromatic rings. The predicted molar refractivity (Wildman–Crippen MR) is 132 cm³/mol. The van der Waals surface area contributed by atoms with Crippen molar-refractivity contribution in [1.82, 2.24) is 0 Å². The van der Waals surface area contributed by atoms with Gasteiger partial charge in [-0.15, -0.1) is 6.58 Å². The second kappa shape index (κ2) is 12.4. The van der Waals surface area contributed by atoms with Gasteiger partial charge in [-0.25, -0.2) is 4.79 Å². The first-order valence-electron chi connectivity index (χ1n) is 11.4. The lowest BCUT2D eigenvalue weighted by molar-refractivity contribution is -0.165. The largest absolute Gasteiger partial charge is 0.455 e. The first-order chi connectivity index (χ1) is 15.2. The molecule has 8 heteroatoms. The van der Waals surface area contributed by atoms with Crippen molar-refractivity contribution in [2.24, 2.45) is 0 Å². The Kier molecular flexibility index (Phi) is 11.2. The van der Waals surface area contributed by atoms with E-state index in [0.29, 0.717) is 6.42 Å². The number of ether oxygens (including phenoxy) is 5. The summed E-state index contributed by atoms with van der Waals surface area (Å²) in [5.41, 5.74) is 0. The van der Waals surface area contributed by atoms with Crippen molar-refractivity contribution < 1.29 is 32.9 Å². The molecular weight excluding hydrogens is 440 g/mol. The summed E-state index contributed by atoms with van der Waals surface area (Å²) >= 11 is 0. The fourth-order valence-electron chi connectivity index (χ4n) is 3.31. The Balaban J connectivity index is 3.18. The lowest BCUT2D eigenvalue weighted by Crippen LogP contribution is -2.50. The molecule has 0 aromatic carbocycles. The van der Waals surface area contributed by atoms with Crippen molar-refractivity contribution in [1.29, 1.82) is 0 Å². The number of carbonyl (C=O) groups is 1. The summed E-state index contributed by atoms with van der Waals surface area (Å²) in [6.45, 7) is 24.1. The van der Waals surface area contributed by atoms with E-state index in [2.05, 4.69) is 47.0 Å². The zero-order valence-electron chi connectivity index (χ0n) is 21.9. The van der Waals surface area contributed by atoms with Crippen molar-refractivity contribution in [3.05, 3.63) is 37.5 Å². The second-order valence-electron chi connectivity index (χ2n) is 10.3. The smallest absolute Gasteiger partial charge is 0.330 e. The molecule has 0 N–H and O–H groups in total. The van der Waals surface area contributed by atoms with Crippen LogP contribution in [0.5, 0.6) is 0 Å². The average Bonchev–Trinajstić information content (AvgIpc) is 3.02. The maximum atomic E-state index is 11.7. The molecule has 190 valence electrons. The van der Waals surface area contributed by atoms with Crippen molar-refractivity contribution in [2.75, 3.05) is 13.9 Å². The van der Waals surface area contributed by atoms with E-state index in [0.717, 1.165) is 6.08 Å². The summed E-state index contributed by atoms with van der Waals surface area (Å²) in [5, 5.41) is 0.0600. The second-order valence-corrected chi connectivity index (χ2v) is 15.0. The van der Waals surface area contributed by atoms with E-state index >= 15 is 0 Å². The van der Waals surface area contributed by atoms with Crippen LogP contribution in [0.2, 0.25) is 18.1 Å². The Labute approximate surface area is 201 Å². The summed E-state index contributed by atoms with van der Waals surface area (Å²) in [4.78, 5) is 11.7. The minimum absolute atomic E-state index is 0.0600. The molecule has 0 spiro atoms. The van der Waals surface area contributed by atoms with E-state index < -0.39 is 38.4 Å². The molecule has 1 aliphatic rings. The highest BCUT2D eigenvalue weighted by molar-refractivity contribution is 6.74. The third-order valence-corrected chi connectivity index (χ3v) is 10.5. The predicted octanol–water partition coefficient (Wildman–Crippen LogP) is 5.14. The van der Waals surface area contributed by atoms with E-state index in [4.69, 9.17) is 28.1 Å². The van der Waals surface area contributed by atoms with Crippen molar-refractivity contribution >= 4 is 14.3 Å². The molecule has 0 saturated carbocycles. The van der Waals surface area contributed by atoms with Crippen molar-refractivity contribution in [3.63, 3.8) is 0 Å². The SMILES string of the molecule is C=CC[C@@H](/C=C/[C@H](OCOC)[C@H]1OC(C)(C)O[C@@H]1[C@@H](C)O[Si](C)(C)C(C)(C)C)OC(=O)C=C. The van der Waals surface area contributed by atoms with Gasteiger partial charge >= 0.3 is 5.97 Å². The highest BCUT2D eigenvalue weighted by atomic mass is 28.4.